The van der Waals surface area contributed by atoms with Crippen LogP contribution in [-0.2, 0) is 4.79 Å². The van der Waals surface area contributed by atoms with E-state index >= 15 is 0 Å². The van der Waals surface area contributed by atoms with Gasteiger partial charge in [-0.1, -0.05) is 30.3 Å². The largest absolute Gasteiger partial charge is 0.277 e. The quantitative estimate of drug-likeness (QED) is 0.496. The van der Waals surface area contributed by atoms with Crippen molar-refractivity contribution in [3.63, 3.8) is 0 Å². The van der Waals surface area contributed by atoms with Crippen molar-refractivity contribution in [1.82, 2.24) is 5.43 Å². The van der Waals surface area contributed by atoms with Crippen LogP contribution in [0, 0.1) is 0 Å². The third kappa shape index (κ3) is 2.57. The van der Waals surface area contributed by atoms with Crippen molar-refractivity contribution in [3.05, 3.63) is 42.5 Å². The molecule has 17 heavy (non-hydrogen) atoms. The number of hydrogen-bond donors (Lipinski definition) is 1. The molecule has 0 bridgehead atoms. The highest BCUT2D eigenvalue weighted by Crippen LogP contribution is 2.21. The molecule has 0 heterocycles. The third-order valence-corrected chi connectivity index (χ3v) is 2.40. The minimum atomic E-state index is 0.470. The van der Waals surface area contributed by atoms with Crippen molar-refractivity contribution in [3.8, 4) is 0 Å². The molecule has 0 atom stereocenters. The summed E-state index contributed by atoms with van der Waals surface area (Å²) < 4.78 is 0. The van der Waals surface area contributed by atoms with E-state index in [0.717, 1.165) is 11.1 Å². The van der Waals surface area contributed by atoms with Gasteiger partial charge in [-0.2, -0.15) is 0 Å². The number of amides is 1. The highest BCUT2D eigenvalue weighted by atomic mass is 16.1. The maximum absolute atomic E-state index is 10.0. The van der Waals surface area contributed by atoms with Gasteiger partial charge in [0, 0.05) is 7.05 Å². The molecular weight excluding hydrogens is 216 g/mol. The molecule has 1 N–H and O–H groups in total. The van der Waals surface area contributed by atoms with Gasteiger partial charge >= 0.3 is 0 Å². The molecule has 2 aromatic rings. The molecule has 0 aliphatic carbocycles. The molecule has 0 fully saturated rings. The summed E-state index contributed by atoms with van der Waals surface area (Å²) in [5, 5.41) is 11.2. The molecular formula is C12H12N4O. The van der Waals surface area contributed by atoms with Gasteiger partial charge in [0.05, 0.1) is 5.69 Å². The van der Waals surface area contributed by atoms with E-state index in [1.54, 1.807) is 12.1 Å². The Labute approximate surface area is 98.7 Å². The van der Waals surface area contributed by atoms with Crippen LogP contribution in [0.5, 0.6) is 0 Å². The molecule has 0 aliphatic rings. The minimum absolute atomic E-state index is 0.470. The van der Waals surface area contributed by atoms with Gasteiger partial charge in [-0.15, -0.1) is 0 Å². The van der Waals surface area contributed by atoms with E-state index in [2.05, 4.69) is 21.9 Å². The maximum atomic E-state index is 10.0. The first-order valence-corrected chi connectivity index (χ1v) is 5.13. The van der Waals surface area contributed by atoms with Gasteiger partial charge < -0.3 is 0 Å². The molecule has 2 rings (SSSR count). The summed E-state index contributed by atoms with van der Waals surface area (Å²) in [5.74, 6) is 0. The number of nitrogens with zero attached hydrogens (tertiary/aromatic N) is 3. The standard InChI is InChI=1S/C12H12N4O/c1-16(15-14-13-9-17)12-7-6-10-4-2-3-5-11(10)8-12/h2-9H,1H3,(H,13,15,17). The summed E-state index contributed by atoms with van der Waals surface area (Å²) in [7, 11) is 1.76. The maximum Gasteiger partial charge on any atom is 0.228 e. The molecule has 5 heteroatoms. The van der Waals surface area contributed by atoms with E-state index in [4.69, 9.17) is 0 Å². The Bertz CT molecular complexity index is 553. The molecule has 0 saturated carbocycles. The number of rotatable bonds is 4. The molecule has 2 aromatic carbocycles. The molecule has 0 unspecified atom stereocenters. The van der Waals surface area contributed by atoms with Gasteiger partial charge in [-0.3, -0.25) is 4.79 Å². The zero-order valence-electron chi connectivity index (χ0n) is 9.37. The van der Waals surface area contributed by atoms with Crippen molar-refractivity contribution >= 4 is 22.9 Å². The molecule has 0 aromatic heterocycles. The van der Waals surface area contributed by atoms with Gasteiger partial charge in [-0.05, 0) is 33.4 Å². The molecule has 0 aliphatic heterocycles. The second-order valence-electron chi connectivity index (χ2n) is 3.49. The number of carbonyl (C=O) groups is 1. The average molecular weight is 228 g/mol. The van der Waals surface area contributed by atoms with Crippen molar-refractivity contribution in [2.24, 2.45) is 10.4 Å². The summed E-state index contributed by atoms with van der Waals surface area (Å²) in [5.41, 5.74) is 3.03. The third-order valence-electron chi connectivity index (χ3n) is 2.40. The fourth-order valence-electron chi connectivity index (χ4n) is 1.55. The van der Waals surface area contributed by atoms with Crippen LogP contribution in [0.4, 0.5) is 5.69 Å². The second kappa shape index (κ2) is 5.07. The first-order chi connectivity index (χ1) is 8.31. The lowest BCUT2D eigenvalue weighted by molar-refractivity contribution is -0.109. The Morgan fingerprint density at radius 3 is 2.71 bits per heavy atom. The van der Waals surface area contributed by atoms with Gasteiger partial charge in [0.25, 0.3) is 0 Å². The van der Waals surface area contributed by atoms with Gasteiger partial charge in [0.1, 0.15) is 0 Å². The van der Waals surface area contributed by atoms with Crippen LogP contribution in [0.3, 0.4) is 0 Å². The fourth-order valence-corrected chi connectivity index (χ4v) is 1.55. The number of benzene rings is 2. The second-order valence-corrected chi connectivity index (χ2v) is 3.49. The zero-order valence-corrected chi connectivity index (χ0v) is 9.37. The highest BCUT2D eigenvalue weighted by Gasteiger charge is 2.00. The Morgan fingerprint density at radius 1 is 1.18 bits per heavy atom. The molecule has 86 valence electrons. The molecule has 0 radical (unpaired) electrons. The summed E-state index contributed by atoms with van der Waals surface area (Å²) in [6.07, 6.45) is 0.470. The normalized spacial score (nSPS) is 10.6. The number of nitrogens with one attached hydrogen (secondary N) is 1. The Kier molecular flexibility index (Phi) is 3.30. The van der Waals surface area contributed by atoms with Gasteiger partial charge in [0.15, 0.2) is 0 Å². The summed E-state index contributed by atoms with van der Waals surface area (Å²) in [6, 6.07) is 14.0. The number of hydrogen-bond acceptors (Lipinski definition) is 3. The van der Waals surface area contributed by atoms with E-state index < -0.39 is 0 Å². The Balaban J connectivity index is 2.26. The predicted octanol–water partition coefficient (Wildman–Crippen LogP) is 2.30. The van der Waals surface area contributed by atoms with E-state index in [1.807, 2.05) is 36.4 Å². The zero-order chi connectivity index (χ0) is 12.1. The van der Waals surface area contributed by atoms with E-state index in [-0.39, 0.29) is 0 Å². The Morgan fingerprint density at radius 2 is 1.94 bits per heavy atom. The SMILES string of the molecule is CN(/N=N\NC=O)c1ccc2ccccc2c1. The fraction of sp³-hybridized carbons (Fsp3) is 0.0833. The van der Waals surface area contributed by atoms with Crippen molar-refractivity contribution in [2.75, 3.05) is 12.1 Å². The highest BCUT2D eigenvalue weighted by molar-refractivity contribution is 5.85. The van der Waals surface area contributed by atoms with Crippen LogP contribution in [0.2, 0.25) is 0 Å². The minimum Gasteiger partial charge on any atom is -0.277 e. The van der Waals surface area contributed by atoms with Gasteiger partial charge in [0.2, 0.25) is 6.41 Å². The smallest absolute Gasteiger partial charge is 0.228 e. The molecule has 0 saturated heterocycles. The molecule has 0 spiro atoms. The number of anilines is 1. The van der Waals surface area contributed by atoms with E-state index in [1.165, 1.54) is 5.39 Å². The van der Waals surface area contributed by atoms with E-state index in [0.29, 0.717) is 6.41 Å². The summed E-state index contributed by atoms with van der Waals surface area (Å²) in [6.45, 7) is 0. The lowest BCUT2D eigenvalue weighted by atomic mass is 10.1. The van der Waals surface area contributed by atoms with Crippen LogP contribution in [0.1, 0.15) is 0 Å². The summed E-state index contributed by atoms with van der Waals surface area (Å²) >= 11 is 0. The number of fused-ring (bicyclic) bond motifs is 1. The van der Waals surface area contributed by atoms with Crippen LogP contribution in [0.25, 0.3) is 10.8 Å². The number of carbonyl (C=O) groups excluding carboxylic acids is 1. The monoisotopic (exact) mass is 228 g/mol. The topological polar surface area (TPSA) is 57.1 Å². The first-order valence-electron chi connectivity index (χ1n) is 5.13. The van der Waals surface area contributed by atoms with Crippen LogP contribution in [-0.4, -0.2) is 13.5 Å². The van der Waals surface area contributed by atoms with Crippen molar-refractivity contribution < 1.29 is 4.79 Å². The lowest BCUT2D eigenvalue weighted by Gasteiger charge is -2.11. The van der Waals surface area contributed by atoms with Crippen LogP contribution in [0.15, 0.2) is 52.9 Å². The van der Waals surface area contributed by atoms with Crippen molar-refractivity contribution in [1.29, 1.82) is 0 Å². The van der Waals surface area contributed by atoms with Crippen molar-refractivity contribution in [2.45, 2.75) is 0 Å². The average Bonchev–Trinajstić information content (AvgIpc) is 2.38. The predicted molar refractivity (Wildman–Crippen MR) is 66.4 cm³/mol. The van der Waals surface area contributed by atoms with Crippen LogP contribution < -0.4 is 10.4 Å². The Hall–Kier alpha value is -2.43. The molecule has 5 nitrogen and oxygen atoms in total. The molecule has 1 amide bonds. The summed E-state index contributed by atoms with van der Waals surface area (Å²) in [4.78, 5) is 10.0. The van der Waals surface area contributed by atoms with Gasteiger partial charge in [-0.25, -0.2) is 10.4 Å². The first kappa shape index (κ1) is 11.1. The lowest BCUT2D eigenvalue weighted by Crippen LogP contribution is -2.10. The van der Waals surface area contributed by atoms with E-state index in [9.17, 15) is 4.79 Å². The van der Waals surface area contributed by atoms with Crippen LogP contribution >= 0.6 is 0 Å².